The van der Waals surface area contributed by atoms with Gasteiger partial charge in [-0.15, -0.1) is 11.3 Å². The maximum absolute atomic E-state index is 11.6. The summed E-state index contributed by atoms with van der Waals surface area (Å²) in [6, 6.07) is 9.28. The second-order valence-electron chi connectivity index (χ2n) is 4.58. The van der Waals surface area contributed by atoms with Crippen molar-refractivity contribution in [3.8, 4) is 5.75 Å². The van der Waals surface area contributed by atoms with Gasteiger partial charge in [-0.2, -0.15) is 0 Å². The number of carbonyl (C=O) groups excluding carboxylic acids is 2. The highest BCUT2D eigenvalue weighted by molar-refractivity contribution is 9.10. The van der Waals surface area contributed by atoms with Gasteiger partial charge >= 0.3 is 0 Å². The normalized spacial score (nSPS) is 10.5. The average Bonchev–Trinajstić information content (AvgIpc) is 3.03. The number of aryl methyl sites for hydroxylation is 1. The van der Waals surface area contributed by atoms with Gasteiger partial charge in [-0.05, 0) is 48.2 Å². The summed E-state index contributed by atoms with van der Waals surface area (Å²) < 4.78 is 6.35. The van der Waals surface area contributed by atoms with Crippen molar-refractivity contribution in [3.05, 3.63) is 56.7 Å². The highest BCUT2D eigenvalue weighted by atomic mass is 79.9. The molecule has 0 atom stereocenters. The SMILES string of the molecule is Cc1cc(Br)ccc1OCC(=O)NNC(=O)C=Cc1cccs1. The Hall–Kier alpha value is -2.12. The van der Waals surface area contributed by atoms with Crippen molar-refractivity contribution >= 4 is 45.2 Å². The Bertz CT molecular complexity index is 714. The molecule has 7 heteroatoms. The van der Waals surface area contributed by atoms with Crippen LogP contribution in [0.4, 0.5) is 0 Å². The van der Waals surface area contributed by atoms with E-state index in [-0.39, 0.29) is 6.61 Å². The topological polar surface area (TPSA) is 67.4 Å². The number of benzene rings is 1. The zero-order valence-electron chi connectivity index (χ0n) is 12.3. The Labute approximate surface area is 146 Å². The number of hydrazine groups is 1. The molecule has 0 aliphatic heterocycles. The van der Waals surface area contributed by atoms with Gasteiger partial charge in [0.1, 0.15) is 5.75 Å². The predicted octanol–water partition coefficient (Wildman–Crippen LogP) is 3.06. The lowest BCUT2D eigenvalue weighted by molar-refractivity contribution is -0.128. The third-order valence-corrected chi connectivity index (χ3v) is 4.09. The molecular formula is C16H15BrN2O3S. The molecule has 0 saturated carbocycles. The van der Waals surface area contributed by atoms with Crippen molar-refractivity contribution in [1.82, 2.24) is 10.9 Å². The van der Waals surface area contributed by atoms with E-state index >= 15 is 0 Å². The predicted molar refractivity (Wildman–Crippen MR) is 94.0 cm³/mol. The fourth-order valence-electron chi connectivity index (χ4n) is 1.67. The maximum Gasteiger partial charge on any atom is 0.276 e. The van der Waals surface area contributed by atoms with Crippen LogP contribution in [0.2, 0.25) is 0 Å². The second kappa shape index (κ2) is 8.50. The summed E-state index contributed by atoms with van der Waals surface area (Å²) in [4.78, 5) is 24.2. The van der Waals surface area contributed by atoms with E-state index in [1.54, 1.807) is 12.1 Å². The van der Waals surface area contributed by atoms with Gasteiger partial charge in [0, 0.05) is 15.4 Å². The van der Waals surface area contributed by atoms with Crippen molar-refractivity contribution in [1.29, 1.82) is 0 Å². The number of carbonyl (C=O) groups is 2. The number of nitrogens with one attached hydrogen (secondary N) is 2. The summed E-state index contributed by atoms with van der Waals surface area (Å²) in [6.07, 6.45) is 3.03. The molecule has 5 nitrogen and oxygen atoms in total. The van der Waals surface area contributed by atoms with Gasteiger partial charge in [-0.1, -0.05) is 22.0 Å². The van der Waals surface area contributed by atoms with E-state index in [1.165, 1.54) is 17.4 Å². The Balaban J connectivity index is 1.73. The van der Waals surface area contributed by atoms with Gasteiger partial charge in [0.15, 0.2) is 6.61 Å². The first-order chi connectivity index (χ1) is 11.0. The van der Waals surface area contributed by atoms with Crippen LogP contribution in [-0.2, 0) is 9.59 Å². The van der Waals surface area contributed by atoms with E-state index in [0.29, 0.717) is 5.75 Å². The van der Waals surface area contributed by atoms with Gasteiger partial charge in [0.25, 0.3) is 11.8 Å². The zero-order valence-corrected chi connectivity index (χ0v) is 14.7. The smallest absolute Gasteiger partial charge is 0.276 e. The van der Waals surface area contributed by atoms with E-state index in [2.05, 4.69) is 26.8 Å². The van der Waals surface area contributed by atoms with Crippen LogP contribution in [0.3, 0.4) is 0 Å². The molecule has 0 unspecified atom stereocenters. The molecule has 0 aliphatic rings. The number of hydrogen-bond acceptors (Lipinski definition) is 4. The molecule has 0 radical (unpaired) electrons. The molecule has 0 aliphatic carbocycles. The Kier molecular flexibility index (Phi) is 6.37. The largest absolute Gasteiger partial charge is 0.483 e. The number of hydrogen-bond donors (Lipinski definition) is 2. The molecule has 2 N–H and O–H groups in total. The third-order valence-electron chi connectivity index (χ3n) is 2.76. The second-order valence-corrected chi connectivity index (χ2v) is 6.48. The molecule has 2 aromatic rings. The molecule has 120 valence electrons. The molecule has 0 saturated heterocycles. The molecule has 0 fully saturated rings. The summed E-state index contributed by atoms with van der Waals surface area (Å²) in [7, 11) is 0. The minimum Gasteiger partial charge on any atom is -0.483 e. The fourth-order valence-corrected chi connectivity index (χ4v) is 2.76. The molecule has 0 spiro atoms. The minimum absolute atomic E-state index is 0.183. The third kappa shape index (κ3) is 5.88. The lowest BCUT2D eigenvalue weighted by Gasteiger charge is -2.09. The number of rotatable bonds is 5. The number of thiophene rings is 1. The average molecular weight is 395 g/mol. The van der Waals surface area contributed by atoms with Crippen molar-refractivity contribution in [2.45, 2.75) is 6.92 Å². The molecule has 1 aromatic carbocycles. The lowest BCUT2D eigenvalue weighted by Crippen LogP contribution is -2.43. The molecular weight excluding hydrogens is 380 g/mol. The van der Waals surface area contributed by atoms with Crippen LogP contribution in [0, 0.1) is 6.92 Å². The van der Waals surface area contributed by atoms with E-state index < -0.39 is 11.8 Å². The van der Waals surface area contributed by atoms with E-state index in [1.807, 2.05) is 36.6 Å². The van der Waals surface area contributed by atoms with E-state index in [4.69, 9.17) is 4.74 Å². The molecule has 2 amide bonds. The molecule has 1 aromatic heterocycles. The standard InChI is InChI=1S/C16H15BrN2O3S/c1-11-9-12(17)4-6-14(11)22-10-16(21)19-18-15(20)7-5-13-3-2-8-23-13/h2-9H,10H2,1H3,(H,18,20)(H,19,21). The summed E-state index contributed by atoms with van der Waals surface area (Å²) in [5.41, 5.74) is 5.50. The molecule has 1 heterocycles. The summed E-state index contributed by atoms with van der Waals surface area (Å²) in [6.45, 7) is 1.70. The highest BCUT2D eigenvalue weighted by Gasteiger charge is 2.06. The van der Waals surface area contributed by atoms with Crippen LogP contribution in [0.5, 0.6) is 5.75 Å². The van der Waals surface area contributed by atoms with Crippen LogP contribution in [0.1, 0.15) is 10.4 Å². The van der Waals surface area contributed by atoms with Crippen LogP contribution >= 0.6 is 27.3 Å². The molecule has 2 rings (SSSR count). The van der Waals surface area contributed by atoms with Crippen molar-refractivity contribution < 1.29 is 14.3 Å². The van der Waals surface area contributed by atoms with E-state index in [0.717, 1.165) is 14.9 Å². The van der Waals surface area contributed by atoms with Gasteiger partial charge < -0.3 is 4.74 Å². The van der Waals surface area contributed by atoms with Crippen LogP contribution in [0.15, 0.2) is 46.3 Å². The zero-order chi connectivity index (χ0) is 16.7. The minimum atomic E-state index is -0.440. The fraction of sp³-hybridized carbons (Fsp3) is 0.125. The van der Waals surface area contributed by atoms with E-state index in [9.17, 15) is 9.59 Å². The summed E-state index contributed by atoms with van der Waals surface area (Å²) in [5.74, 6) is -0.232. The first kappa shape index (κ1) is 17.2. The van der Waals surface area contributed by atoms with Crippen molar-refractivity contribution in [2.24, 2.45) is 0 Å². The Morgan fingerprint density at radius 2 is 2.13 bits per heavy atom. The maximum atomic E-state index is 11.6. The highest BCUT2D eigenvalue weighted by Crippen LogP contribution is 2.21. The van der Waals surface area contributed by atoms with Crippen LogP contribution < -0.4 is 15.6 Å². The van der Waals surface area contributed by atoms with Crippen LogP contribution in [-0.4, -0.2) is 18.4 Å². The van der Waals surface area contributed by atoms with Gasteiger partial charge in [-0.25, -0.2) is 0 Å². The van der Waals surface area contributed by atoms with Crippen molar-refractivity contribution in [2.75, 3.05) is 6.61 Å². The number of halogens is 1. The lowest BCUT2D eigenvalue weighted by atomic mass is 10.2. The quantitative estimate of drug-likeness (QED) is 0.604. The van der Waals surface area contributed by atoms with Crippen LogP contribution in [0.25, 0.3) is 6.08 Å². The first-order valence-electron chi connectivity index (χ1n) is 6.74. The Morgan fingerprint density at radius 3 is 2.83 bits per heavy atom. The van der Waals surface area contributed by atoms with Gasteiger partial charge in [-0.3, -0.25) is 20.4 Å². The molecule has 0 bridgehead atoms. The number of amides is 2. The first-order valence-corrected chi connectivity index (χ1v) is 8.41. The summed E-state index contributed by atoms with van der Waals surface area (Å²) in [5, 5.41) is 1.92. The number of ether oxygens (including phenoxy) is 1. The van der Waals surface area contributed by atoms with Gasteiger partial charge in [0.2, 0.25) is 0 Å². The van der Waals surface area contributed by atoms with Crippen molar-refractivity contribution in [3.63, 3.8) is 0 Å². The monoisotopic (exact) mass is 394 g/mol. The summed E-state index contributed by atoms with van der Waals surface area (Å²) >= 11 is 4.88. The van der Waals surface area contributed by atoms with Gasteiger partial charge in [0.05, 0.1) is 0 Å². The molecule has 23 heavy (non-hydrogen) atoms. The Morgan fingerprint density at radius 1 is 1.30 bits per heavy atom.